The first kappa shape index (κ1) is 14.3. The predicted octanol–water partition coefficient (Wildman–Crippen LogP) is 0.444. The average Bonchev–Trinajstić information content (AvgIpc) is 2.25. The Balaban J connectivity index is 2.49. The first-order valence-corrected chi connectivity index (χ1v) is 8.17. The van der Waals surface area contributed by atoms with E-state index in [1.165, 1.54) is 12.1 Å². The van der Waals surface area contributed by atoms with E-state index in [0.717, 1.165) is 0 Å². The monoisotopic (exact) mass is 280 g/mol. The minimum absolute atomic E-state index is 0.242. The van der Waals surface area contributed by atoms with Gasteiger partial charge in [0.2, 0.25) is 0 Å². The Labute approximate surface area is 99.4 Å². The maximum atomic E-state index is 11.8. The lowest BCUT2D eigenvalue weighted by atomic mass is 10.4. The summed E-state index contributed by atoms with van der Waals surface area (Å²) in [5.74, 6) is -0.595. The molecule has 0 saturated carbocycles. The molecule has 1 unspecified atom stereocenters. The molecule has 0 heterocycles. The second kappa shape index (κ2) is 5.75. The van der Waals surface area contributed by atoms with Crippen molar-refractivity contribution >= 4 is 22.8 Å². The first-order chi connectivity index (χ1) is 7.81. The van der Waals surface area contributed by atoms with Crippen LogP contribution >= 0.6 is 7.37 Å². The van der Waals surface area contributed by atoms with E-state index in [1.807, 2.05) is 0 Å². The Morgan fingerprint density at radius 3 is 2.35 bits per heavy atom. The van der Waals surface area contributed by atoms with Crippen LogP contribution in [0.1, 0.15) is 0 Å². The molecular formula is C9H13O6PS. The van der Waals surface area contributed by atoms with Crippen molar-refractivity contribution in [3.63, 3.8) is 0 Å². The fourth-order valence-electron chi connectivity index (χ4n) is 1.09. The van der Waals surface area contributed by atoms with Crippen LogP contribution < -0.4 is 5.30 Å². The molecule has 0 fully saturated rings. The van der Waals surface area contributed by atoms with E-state index in [1.54, 1.807) is 18.2 Å². The van der Waals surface area contributed by atoms with Crippen LogP contribution in [0.4, 0.5) is 0 Å². The normalized spacial score (nSPS) is 15.4. The van der Waals surface area contributed by atoms with Gasteiger partial charge in [-0.05, 0) is 12.1 Å². The number of hydrogen-bond acceptors (Lipinski definition) is 4. The molecule has 0 bridgehead atoms. The van der Waals surface area contributed by atoms with Crippen LogP contribution in [0.25, 0.3) is 0 Å². The Bertz CT molecular complexity index is 497. The molecule has 1 rings (SSSR count). The van der Waals surface area contributed by atoms with Gasteiger partial charge in [0.25, 0.3) is 17.5 Å². The van der Waals surface area contributed by atoms with Crippen LogP contribution in [0.15, 0.2) is 30.3 Å². The Kier molecular flexibility index (Phi) is 4.85. The van der Waals surface area contributed by atoms with Crippen molar-refractivity contribution in [2.24, 2.45) is 0 Å². The van der Waals surface area contributed by atoms with Crippen LogP contribution in [0.5, 0.6) is 0 Å². The van der Waals surface area contributed by atoms with E-state index in [9.17, 15) is 17.9 Å². The molecule has 0 aliphatic rings. The standard InChI is InChI=1S/C9H13O6PS/c10-16(11,9-4-2-1-3-5-9)8-15-6-7-17(12,13)14/h1-5H,6-8H2,(H,10,11)(H,12,13,14). The molecule has 17 heavy (non-hydrogen) atoms. The van der Waals surface area contributed by atoms with Crippen molar-refractivity contribution in [3.8, 4) is 0 Å². The highest BCUT2D eigenvalue weighted by Gasteiger charge is 2.21. The van der Waals surface area contributed by atoms with Crippen molar-refractivity contribution in [3.05, 3.63) is 30.3 Å². The average molecular weight is 280 g/mol. The van der Waals surface area contributed by atoms with E-state index in [2.05, 4.69) is 0 Å². The van der Waals surface area contributed by atoms with Crippen molar-refractivity contribution in [1.29, 1.82) is 0 Å². The van der Waals surface area contributed by atoms with Gasteiger partial charge in [-0.25, -0.2) is 0 Å². The fraction of sp³-hybridized carbons (Fsp3) is 0.333. The summed E-state index contributed by atoms with van der Waals surface area (Å²) in [6.07, 6.45) is -0.480. The molecule has 1 aromatic rings. The largest absolute Gasteiger partial charge is 0.370 e. The number of rotatable bonds is 6. The van der Waals surface area contributed by atoms with Gasteiger partial charge in [0.1, 0.15) is 6.35 Å². The summed E-state index contributed by atoms with van der Waals surface area (Å²) >= 11 is 0. The van der Waals surface area contributed by atoms with Crippen molar-refractivity contribution < 1.29 is 27.2 Å². The first-order valence-electron chi connectivity index (χ1n) is 4.72. The highest BCUT2D eigenvalue weighted by atomic mass is 32.2. The van der Waals surface area contributed by atoms with E-state index in [4.69, 9.17) is 9.29 Å². The third-order valence-electron chi connectivity index (χ3n) is 1.91. The molecule has 1 atom stereocenters. The lowest BCUT2D eigenvalue weighted by Crippen LogP contribution is -2.14. The van der Waals surface area contributed by atoms with Crippen LogP contribution in [0, 0.1) is 0 Å². The van der Waals surface area contributed by atoms with Crippen LogP contribution in [-0.2, 0) is 19.4 Å². The zero-order valence-electron chi connectivity index (χ0n) is 8.89. The number of ether oxygens (including phenoxy) is 1. The summed E-state index contributed by atoms with van der Waals surface area (Å²) in [6.45, 7) is -0.323. The third kappa shape index (κ3) is 5.43. The molecule has 0 aliphatic heterocycles. The molecule has 0 saturated heterocycles. The Morgan fingerprint density at radius 1 is 1.24 bits per heavy atom. The second-order valence-corrected chi connectivity index (χ2v) is 7.11. The van der Waals surface area contributed by atoms with Crippen LogP contribution in [-0.4, -0.2) is 36.6 Å². The van der Waals surface area contributed by atoms with Gasteiger partial charge in [0, 0.05) is 5.30 Å². The molecule has 0 aromatic heterocycles. The minimum Gasteiger partial charge on any atom is -0.370 e. The van der Waals surface area contributed by atoms with Crippen molar-refractivity contribution in [1.82, 2.24) is 0 Å². The fourth-order valence-corrected chi connectivity index (χ4v) is 2.58. The van der Waals surface area contributed by atoms with Crippen LogP contribution in [0.2, 0.25) is 0 Å². The maximum absolute atomic E-state index is 11.8. The SMILES string of the molecule is O=P(O)(COCCS(=O)(=O)O)c1ccccc1. The topological polar surface area (TPSA) is 101 Å². The van der Waals surface area contributed by atoms with Gasteiger partial charge in [0.05, 0.1) is 12.4 Å². The number of benzene rings is 1. The molecule has 96 valence electrons. The summed E-state index contributed by atoms with van der Waals surface area (Å²) in [5, 5.41) is 0.242. The zero-order chi connectivity index (χ0) is 12.9. The lowest BCUT2D eigenvalue weighted by molar-refractivity contribution is 0.185. The molecule has 6 nitrogen and oxygen atoms in total. The molecule has 2 N–H and O–H groups in total. The van der Waals surface area contributed by atoms with Gasteiger partial charge < -0.3 is 9.63 Å². The van der Waals surface area contributed by atoms with E-state index >= 15 is 0 Å². The van der Waals surface area contributed by atoms with Crippen molar-refractivity contribution in [2.45, 2.75) is 0 Å². The van der Waals surface area contributed by atoms with Gasteiger partial charge in [-0.1, -0.05) is 18.2 Å². The van der Waals surface area contributed by atoms with Gasteiger partial charge in [0.15, 0.2) is 0 Å². The molecule has 0 radical (unpaired) electrons. The van der Waals surface area contributed by atoms with Gasteiger partial charge in [-0.15, -0.1) is 0 Å². The summed E-state index contributed by atoms with van der Waals surface area (Å²) in [7, 11) is -7.73. The number of hydrogen-bond donors (Lipinski definition) is 2. The highest BCUT2D eigenvalue weighted by Crippen LogP contribution is 2.38. The predicted molar refractivity (Wildman–Crippen MR) is 63.1 cm³/mol. The van der Waals surface area contributed by atoms with E-state index in [0.29, 0.717) is 0 Å². The maximum Gasteiger partial charge on any atom is 0.267 e. The van der Waals surface area contributed by atoms with Gasteiger partial charge >= 0.3 is 0 Å². The quantitative estimate of drug-likeness (QED) is 0.445. The van der Waals surface area contributed by atoms with Crippen molar-refractivity contribution in [2.75, 3.05) is 18.7 Å². The molecule has 8 heteroatoms. The highest BCUT2D eigenvalue weighted by molar-refractivity contribution is 7.85. The lowest BCUT2D eigenvalue weighted by Gasteiger charge is -2.11. The summed E-state index contributed by atoms with van der Waals surface area (Å²) in [6, 6.07) is 7.94. The van der Waals surface area contributed by atoms with E-state index in [-0.39, 0.29) is 11.9 Å². The second-order valence-electron chi connectivity index (χ2n) is 3.36. The smallest absolute Gasteiger partial charge is 0.267 e. The van der Waals surface area contributed by atoms with Crippen LogP contribution in [0.3, 0.4) is 0 Å². The molecule has 0 spiro atoms. The summed E-state index contributed by atoms with van der Waals surface area (Å²) in [4.78, 5) is 9.63. The molecule has 1 aromatic carbocycles. The Hall–Kier alpha value is -0.720. The van der Waals surface area contributed by atoms with E-state index < -0.39 is 29.6 Å². The molecule has 0 aliphatic carbocycles. The molecular weight excluding hydrogens is 267 g/mol. The minimum atomic E-state index is -4.10. The third-order valence-corrected chi connectivity index (χ3v) is 4.23. The zero-order valence-corrected chi connectivity index (χ0v) is 10.6. The summed E-state index contributed by atoms with van der Waals surface area (Å²) in [5.41, 5.74) is 0. The van der Waals surface area contributed by atoms with Gasteiger partial charge in [-0.3, -0.25) is 9.12 Å². The molecule has 0 amide bonds. The van der Waals surface area contributed by atoms with Gasteiger partial charge in [-0.2, -0.15) is 8.42 Å². The summed E-state index contributed by atoms with van der Waals surface area (Å²) < 4.78 is 45.7. The Morgan fingerprint density at radius 2 is 1.82 bits per heavy atom.